The van der Waals surface area contributed by atoms with Gasteiger partial charge in [-0.3, -0.25) is 9.89 Å². The maximum Gasteiger partial charge on any atom is 0.290 e. The van der Waals surface area contributed by atoms with Crippen molar-refractivity contribution in [2.75, 3.05) is 14.1 Å². The first-order valence-electron chi connectivity index (χ1n) is 5.70. The van der Waals surface area contributed by atoms with Crippen LogP contribution in [0.4, 0.5) is 0 Å². The van der Waals surface area contributed by atoms with Gasteiger partial charge in [-0.1, -0.05) is 17.2 Å². The van der Waals surface area contributed by atoms with Gasteiger partial charge in [0.1, 0.15) is 0 Å². The normalized spacial score (nSPS) is 10.4. The van der Waals surface area contributed by atoms with Gasteiger partial charge in [-0.15, -0.1) is 0 Å². The molecule has 0 unspecified atom stereocenters. The van der Waals surface area contributed by atoms with Crippen LogP contribution in [0.15, 0.2) is 18.2 Å². The molecular formula is C13H16N4O. The molecule has 1 N–H and O–H groups in total. The molecular weight excluding hydrogens is 228 g/mol. The van der Waals surface area contributed by atoms with Gasteiger partial charge in [-0.05, 0) is 26.0 Å². The predicted molar refractivity (Wildman–Crippen MR) is 69.3 cm³/mol. The van der Waals surface area contributed by atoms with E-state index < -0.39 is 0 Å². The van der Waals surface area contributed by atoms with Crippen molar-refractivity contribution in [2.45, 2.75) is 13.8 Å². The third-order valence-electron chi connectivity index (χ3n) is 2.57. The number of hydrogen-bond donors (Lipinski definition) is 1. The van der Waals surface area contributed by atoms with Crippen LogP contribution < -0.4 is 0 Å². The number of aryl methyl sites for hydroxylation is 2. The molecule has 1 heterocycles. The lowest BCUT2D eigenvalue weighted by atomic mass is 10.1. The third kappa shape index (κ3) is 2.40. The first kappa shape index (κ1) is 12.3. The number of carbonyl (C=O) groups excluding carboxylic acids is 1. The van der Waals surface area contributed by atoms with Crippen LogP contribution in [0.25, 0.3) is 11.4 Å². The molecule has 0 bridgehead atoms. The van der Waals surface area contributed by atoms with Gasteiger partial charge in [-0.2, -0.15) is 5.10 Å². The van der Waals surface area contributed by atoms with Gasteiger partial charge in [0.25, 0.3) is 5.91 Å². The van der Waals surface area contributed by atoms with Crippen LogP contribution >= 0.6 is 0 Å². The van der Waals surface area contributed by atoms with Gasteiger partial charge in [0.05, 0.1) is 0 Å². The van der Waals surface area contributed by atoms with Gasteiger partial charge >= 0.3 is 0 Å². The molecule has 0 spiro atoms. The van der Waals surface area contributed by atoms with Gasteiger partial charge < -0.3 is 4.90 Å². The Kier molecular flexibility index (Phi) is 3.14. The highest BCUT2D eigenvalue weighted by Gasteiger charge is 2.14. The average molecular weight is 244 g/mol. The smallest absolute Gasteiger partial charge is 0.290 e. The first-order chi connectivity index (χ1) is 8.47. The number of carbonyl (C=O) groups is 1. The molecule has 0 fully saturated rings. The lowest BCUT2D eigenvalue weighted by Crippen LogP contribution is -2.22. The molecule has 94 valence electrons. The summed E-state index contributed by atoms with van der Waals surface area (Å²) in [4.78, 5) is 17.4. The SMILES string of the molecule is Cc1cc(C)cc(-c2n[nH]c(C(=O)N(C)C)n2)c1. The zero-order chi connectivity index (χ0) is 13.3. The molecule has 0 aliphatic carbocycles. The van der Waals surface area contributed by atoms with E-state index in [9.17, 15) is 4.79 Å². The molecule has 2 rings (SSSR count). The number of aromatic nitrogens is 3. The fourth-order valence-corrected chi connectivity index (χ4v) is 1.80. The van der Waals surface area contributed by atoms with E-state index in [4.69, 9.17) is 0 Å². The van der Waals surface area contributed by atoms with Crippen molar-refractivity contribution in [2.24, 2.45) is 0 Å². The second-order valence-corrected chi connectivity index (χ2v) is 4.58. The van der Waals surface area contributed by atoms with Gasteiger partial charge in [0.2, 0.25) is 5.82 Å². The van der Waals surface area contributed by atoms with E-state index in [1.54, 1.807) is 14.1 Å². The van der Waals surface area contributed by atoms with Crippen molar-refractivity contribution in [3.63, 3.8) is 0 Å². The maximum atomic E-state index is 11.7. The number of H-pyrrole nitrogens is 1. The molecule has 18 heavy (non-hydrogen) atoms. The Bertz CT molecular complexity index is 566. The molecule has 5 nitrogen and oxygen atoms in total. The number of aromatic amines is 1. The topological polar surface area (TPSA) is 61.9 Å². The molecule has 1 aromatic carbocycles. The average Bonchev–Trinajstić information content (AvgIpc) is 2.75. The number of nitrogens with zero attached hydrogens (tertiary/aromatic N) is 3. The van der Waals surface area contributed by atoms with E-state index in [0.717, 1.165) is 16.7 Å². The minimum absolute atomic E-state index is 0.182. The zero-order valence-corrected chi connectivity index (χ0v) is 11.0. The summed E-state index contributed by atoms with van der Waals surface area (Å²) in [5, 5.41) is 6.76. The quantitative estimate of drug-likeness (QED) is 0.876. The predicted octanol–water partition coefficient (Wildman–Crippen LogP) is 1.79. The van der Waals surface area contributed by atoms with Gasteiger partial charge in [-0.25, -0.2) is 4.98 Å². The highest BCUT2D eigenvalue weighted by atomic mass is 16.2. The molecule has 1 amide bonds. The van der Waals surface area contributed by atoms with Crippen LogP contribution in [-0.4, -0.2) is 40.1 Å². The molecule has 0 saturated heterocycles. The fraction of sp³-hybridized carbons (Fsp3) is 0.308. The molecule has 0 atom stereocenters. The van der Waals surface area contributed by atoms with E-state index in [2.05, 4.69) is 21.2 Å². The number of amides is 1. The summed E-state index contributed by atoms with van der Waals surface area (Å²) in [6, 6.07) is 6.09. The minimum atomic E-state index is -0.182. The van der Waals surface area contributed by atoms with Crippen molar-refractivity contribution >= 4 is 5.91 Å². The lowest BCUT2D eigenvalue weighted by Gasteiger charge is -2.05. The summed E-state index contributed by atoms with van der Waals surface area (Å²) in [5.41, 5.74) is 3.21. The summed E-state index contributed by atoms with van der Waals surface area (Å²) in [6.07, 6.45) is 0. The van der Waals surface area contributed by atoms with E-state index in [-0.39, 0.29) is 11.7 Å². The van der Waals surface area contributed by atoms with Crippen molar-refractivity contribution < 1.29 is 4.79 Å². The number of benzene rings is 1. The Hall–Kier alpha value is -2.17. The minimum Gasteiger partial charge on any atom is -0.342 e. The van der Waals surface area contributed by atoms with Gasteiger partial charge in [0, 0.05) is 19.7 Å². The van der Waals surface area contributed by atoms with Crippen molar-refractivity contribution in [1.82, 2.24) is 20.1 Å². The monoisotopic (exact) mass is 244 g/mol. The van der Waals surface area contributed by atoms with E-state index in [0.29, 0.717) is 5.82 Å². The van der Waals surface area contributed by atoms with Crippen LogP contribution in [0.5, 0.6) is 0 Å². The summed E-state index contributed by atoms with van der Waals surface area (Å²) < 4.78 is 0. The fourth-order valence-electron chi connectivity index (χ4n) is 1.80. The van der Waals surface area contributed by atoms with Crippen molar-refractivity contribution in [3.05, 3.63) is 35.2 Å². The van der Waals surface area contributed by atoms with Crippen molar-refractivity contribution in [3.8, 4) is 11.4 Å². The molecule has 0 radical (unpaired) electrons. The third-order valence-corrected chi connectivity index (χ3v) is 2.57. The molecule has 5 heteroatoms. The van der Waals surface area contributed by atoms with E-state index in [1.165, 1.54) is 4.90 Å². The Morgan fingerprint density at radius 1 is 1.17 bits per heavy atom. The van der Waals surface area contributed by atoms with Gasteiger partial charge in [0.15, 0.2) is 5.82 Å². The Balaban J connectivity index is 2.38. The summed E-state index contributed by atoms with van der Waals surface area (Å²) >= 11 is 0. The second kappa shape index (κ2) is 4.60. The number of nitrogens with one attached hydrogen (secondary N) is 1. The Morgan fingerprint density at radius 2 is 1.78 bits per heavy atom. The Morgan fingerprint density at radius 3 is 2.33 bits per heavy atom. The van der Waals surface area contributed by atoms with Crippen LogP contribution in [0, 0.1) is 13.8 Å². The van der Waals surface area contributed by atoms with Crippen molar-refractivity contribution in [1.29, 1.82) is 0 Å². The molecule has 0 saturated carbocycles. The summed E-state index contributed by atoms with van der Waals surface area (Å²) in [7, 11) is 3.36. The molecule has 1 aromatic heterocycles. The molecule has 2 aromatic rings. The van der Waals surface area contributed by atoms with E-state index >= 15 is 0 Å². The number of rotatable bonds is 2. The largest absolute Gasteiger partial charge is 0.342 e. The first-order valence-corrected chi connectivity index (χ1v) is 5.70. The van der Waals surface area contributed by atoms with Crippen LogP contribution in [-0.2, 0) is 0 Å². The number of hydrogen-bond acceptors (Lipinski definition) is 3. The van der Waals surface area contributed by atoms with E-state index in [1.807, 2.05) is 26.0 Å². The highest BCUT2D eigenvalue weighted by molar-refractivity contribution is 5.90. The lowest BCUT2D eigenvalue weighted by molar-refractivity contribution is 0.0816. The second-order valence-electron chi connectivity index (χ2n) is 4.58. The maximum absolute atomic E-state index is 11.7. The highest BCUT2D eigenvalue weighted by Crippen LogP contribution is 2.18. The summed E-state index contributed by atoms with van der Waals surface area (Å²) in [6.45, 7) is 4.05. The standard InChI is InChI=1S/C13H16N4O/c1-8-5-9(2)7-10(6-8)11-14-12(16-15-11)13(18)17(3)4/h5-7H,1-4H3,(H,14,15,16). The molecule has 0 aliphatic heterocycles. The van der Waals surface area contributed by atoms with Crippen LogP contribution in [0.3, 0.4) is 0 Å². The Labute approximate surface area is 106 Å². The van der Waals surface area contributed by atoms with Crippen LogP contribution in [0.1, 0.15) is 21.7 Å². The zero-order valence-electron chi connectivity index (χ0n) is 11.0. The molecule has 0 aliphatic rings. The van der Waals surface area contributed by atoms with Crippen LogP contribution in [0.2, 0.25) is 0 Å². The summed E-state index contributed by atoms with van der Waals surface area (Å²) in [5.74, 6) is 0.624.